The summed E-state index contributed by atoms with van der Waals surface area (Å²) in [5.41, 5.74) is 9.46. The third kappa shape index (κ3) is 4.59. The van der Waals surface area contributed by atoms with Gasteiger partial charge >= 0.3 is 47.7 Å². The van der Waals surface area contributed by atoms with Crippen LogP contribution in [0.1, 0.15) is 0 Å². The lowest BCUT2D eigenvalue weighted by Crippen LogP contribution is -2.72. The molecule has 4 nitrogen and oxygen atoms in total. The van der Waals surface area contributed by atoms with E-state index in [0.29, 0.717) is 12.1 Å². The molecule has 0 aliphatic carbocycles. The van der Waals surface area contributed by atoms with Gasteiger partial charge < -0.3 is 20.9 Å². The highest BCUT2D eigenvalue weighted by atomic mass is 19.4. The zero-order valence-electron chi connectivity index (χ0n) is 17.1. The third-order valence-electron chi connectivity index (χ3n) is 4.34. The molecule has 0 saturated heterocycles. The highest BCUT2D eigenvalue weighted by Crippen LogP contribution is 2.63. The summed E-state index contributed by atoms with van der Waals surface area (Å²) in [5, 5.41) is 0. The van der Waals surface area contributed by atoms with Gasteiger partial charge in [0.2, 0.25) is 5.83 Å². The Morgan fingerprint density at radius 2 is 0.946 bits per heavy atom. The van der Waals surface area contributed by atoms with Gasteiger partial charge in [-0.2, -0.15) is 74.6 Å². The summed E-state index contributed by atoms with van der Waals surface area (Å²) in [6.07, 6.45) is -7.81. The number of halogens is 17. The number of rotatable bonds is 9. The average Bonchev–Trinajstić information content (AvgIpc) is 2.73. The van der Waals surface area contributed by atoms with Crippen LogP contribution in [0.15, 0.2) is 24.0 Å². The zero-order chi connectivity index (χ0) is 29.8. The predicted molar refractivity (Wildman–Crippen MR) is 87.4 cm³/mol. The molecule has 0 unspecified atom stereocenters. The van der Waals surface area contributed by atoms with Gasteiger partial charge in [0.25, 0.3) is 0 Å². The minimum absolute atomic E-state index is 0.347. The number of hydrogen-bond donors (Lipinski definition) is 2. The number of nitrogens with two attached hydrogens (primary N) is 2. The number of allylic oxidation sites excluding steroid dienone is 1. The monoisotopic (exact) mass is 584 g/mol. The van der Waals surface area contributed by atoms with E-state index in [-0.39, 0.29) is 0 Å². The Bertz CT molecular complexity index is 1050. The molecule has 0 fully saturated rings. The van der Waals surface area contributed by atoms with Gasteiger partial charge in [-0.1, -0.05) is 0 Å². The summed E-state index contributed by atoms with van der Waals surface area (Å²) in [6, 6.07) is -2.67. The molecule has 4 N–H and O–H groups in total. The fourth-order valence-corrected chi connectivity index (χ4v) is 2.20. The molecular weight excluding hydrogens is 575 g/mol. The molecule has 1 rings (SSSR count). The molecule has 0 aromatic heterocycles. The number of benzene rings is 1. The van der Waals surface area contributed by atoms with Crippen LogP contribution in [0.5, 0.6) is 11.5 Å². The van der Waals surface area contributed by atoms with E-state index < -0.39 is 76.4 Å². The number of methoxy groups -OCH3 is 1. The van der Waals surface area contributed by atoms with E-state index in [1.807, 2.05) is 0 Å². The van der Waals surface area contributed by atoms with Crippen LogP contribution in [0.3, 0.4) is 0 Å². The maximum absolute atomic E-state index is 13.8. The van der Waals surface area contributed by atoms with Crippen LogP contribution in [-0.2, 0) is 0 Å². The molecule has 1 aromatic rings. The number of hydrogen-bond acceptors (Lipinski definition) is 4. The molecule has 0 aliphatic rings. The van der Waals surface area contributed by atoms with Crippen molar-refractivity contribution in [1.82, 2.24) is 0 Å². The minimum Gasteiger partial charge on any atom is -0.493 e. The van der Waals surface area contributed by atoms with Gasteiger partial charge in [-0.25, -0.2) is 0 Å². The number of anilines is 2. The Hall–Kier alpha value is -3.03. The van der Waals surface area contributed by atoms with Crippen LogP contribution in [-0.4, -0.2) is 48.8 Å². The van der Waals surface area contributed by atoms with Crippen molar-refractivity contribution < 1.29 is 84.1 Å². The molecule has 214 valence electrons. The van der Waals surface area contributed by atoms with Gasteiger partial charge in [-0.15, -0.1) is 0 Å². The standard InChI is InChI=1S/C16H9F17N2O2/c1-36-6-2-4(34)5(35)3-7(6)37-9(18)8(17)10(19,20)11(21,22)12(23,24)13(25,26)14(27,28)15(29,30)16(31,32)33/h2-3H,34-35H2,1H3. The van der Waals surface area contributed by atoms with Gasteiger partial charge in [0.05, 0.1) is 18.5 Å². The molecule has 0 heterocycles. The quantitative estimate of drug-likeness (QED) is 0.192. The number of nitrogen functional groups attached to an aromatic ring is 2. The van der Waals surface area contributed by atoms with Gasteiger partial charge in [0.1, 0.15) is 0 Å². The van der Waals surface area contributed by atoms with Crippen LogP contribution in [0.4, 0.5) is 86.0 Å². The smallest absolute Gasteiger partial charge is 0.460 e. The molecule has 0 bridgehead atoms. The molecule has 37 heavy (non-hydrogen) atoms. The first kappa shape index (κ1) is 32.0. The topological polar surface area (TPSA) is 70.5 Å². The summed E-state index contributed by atoms with van der Waals surface area (Å²) < 4.78 is 233. The van der Waals surface area contributed by atoms with E-state index in [1.54, 1.807) is 0 Å². The molecule has 1 aromatic carbocycles. The maximum atomic E-state index is 13.8. The third-order valence-corrected chi connectivity index (χ3v) is 4.34. The highest BCUT2D eigenvalue weighted by molar-refractivity contribution is 5.69. The Labute approximate surface area is 192 Å². The van der Waals surface area contributed by atoms with Crippen molar-refractivity contribution in [1.29, 1.82) is 0 Å². The van der Waals surface area contributed by atoms with Gasteiger partial charge in [0, 0.05) is 12.1 Å². The summed E-state index contributed by atoms with van der Waals surface area (Å²) in [7, 11) is 0.734. The van der Waals surface area contributed by atoms with Crippen LogP contribution >= 0.6 is 0 Å². The molecular formula is C16H9F17N2O2. The van der Waals surface area contributed by atoms with Gasteiger partial charge in [-0.3, -0.25) is 0 Å². The second-order valence-corrected chi connectivity index (χ2v) is 6.77. The zero-order valence-corrected chi connectivity index (χ0v) is 17.1. The lowest BCUT2D eigenvalue weighted by Gasteiger charge is -2.41. The lowest BCUT2D eigenvalue weighted by atomic mass is 9.91. The Morgan fingerprint density at radius 3 is 1.32 bits per heavy atom. The van der Waals surface area contributed by atoms with Crippen LogP contribution < -0.4 is 20.9 Å². The van der Waals surface area contributed by atoms with Crippen molar-refractivity contribution in [2.45, 2.75) is 41.7 Å². The minimum atomic E-state index is -8.67. The first-order valence-electron chi connectivity index (χ1n) is 8.47. The van der Waals surface area contributed by atoms with E-state index in [2.05, 4.69) is 9.47 Å². The van der Waals surface area contributed by atoms with Crippen LogP contribution in [0, 0.1) is 0 Å². The second-order valence-electron chi connectivity index (χ2n) is 6.77. The predicted octanol–water partition coefficient (Wildman–Crippen LogP) is 6.72. The second kappa shape index (κ2) is 9.07. The Morgan fingerprint density at radius 1 is 0.595 bits per heavy atom. The van der Waals surface area contributed by atoms with E-state index in [9.17, 15) is 74.6 Å². The summed E-state index contributed by atoms with van der Waals surface area (Å²) in [5.74, 6) is -56.6. The van der Waals surface area contributed by atoms with Gasteiger partial charge in [0.15, 0.2) is 11.5 Å². The van der Waals surface area contributed by atoms with E-state index in [0.717, 1.165) is 7.11 Å². The maximum Gasteiger partial charge on any atom is 0.460 e. The van der Waals surface area contributed by atoms with Crippen molar-refractivity contribution in [3.63, 3.8) is 0 Å². The molecule has 0 amide bonds. The van der Waals surface area contributed by atoms with Crippen molar-refractivity contribution in [3.8, 4) is 11.5 Å². The van der Waals surface area contributed by atoms with Crippen LogP contribution in [0.2, 0.25) is 0 Å². The summed E-state index contributed by atoms with van der Waals surface area (Å²) in [4.78, 5) is 0. The Balaban J connectivity index is 3.66. The largest absolute Gasteiger partial charge is 0.493 e. The number of alkyl halides is 15. The fraction of sp³-hybridized carbons (Fsp3) is 0.500. The van der Waals surface area contributed by atoms with Crippen molar-refractivity contribution in [2.75, 3.05) is 18.6 Å². The Kier molecular flexibility index (Phi) is 7.84. The van der Waals surface area contributed by atoms with E-state index in [4.69, 9.17) is 11.5 Å². The summed E-state index contributed by atoms with van der Waals surface area (Å²) in [6.45, 7) is 0. The highest BCUT2D eigenvalue weighted by Gasteiger charge is 2.93. The summed E-state index contributed by atoms with van der Waals surface area (Å²) >= 11 is 0. The first-order chi connectivity index (χ1) is 16.2. The van der Waals surface area contributed by atoms with Crippen molar-refractivity contribution in [3.05, 3.63) is 24.0 Å². The van der Waals surface area contributed by atoms with Crippen LogP contribution in [0.25, 0.3) is 0 Å². The number of ether oxygens (including phenoxy) is 2. The molecule has 0 saturated carbocycles. The van der Waals surface area contributed by atoms with E-state index >= 15 is 0 Å². The van der Waals surface area contributed by atoms with E-state index in [1.165, 1.54) is 0 Å². The molecule has 0 spiro atoms. The molecule has 0 radical (unpaired) electrons. The lowest BCUT2D eigenvalue weighted by molar-refractivity contribution is -0.451. The van der Waals surface area contributed by atoms with Gasteiger partial charge in [-0.05, 0) is 0 Å². The normalized spacial score (nSPS) is 15.4. The SMILES string of the molecule is COc1cc(N)c(N)cc1OC(F)=C(F)C(F)(F)C(F)(F)C(F)(F)C(F)(F)C(F)(F)C(F)(F)C(F)(F)F. The molecule has 21 heteroatoms. The first-order valence-corrected chi connectivity index (χ1v) is 8.47. The van der Waals surface area contributed by atoms with Crippen molar-refractivity contribution in [2.24, 2.45) is 0 Å². The average molecular weight is 584 g/mol. The molecule has 0 aliphatic heterocycles. The van der Waals surface area contributed by atoms with Crippen molar-refractivity contribution >= 4 is 11.4 Å². The fourth-order valence-electron chi connectivity index (χ4n) is 2.20. The molecule has 0 atom stereocenters.